The van der Waals surface area contributed by atoms with Gasteiger partial charge in [-0.2, -0.15) is 8.42 Å². The molecule has 1 heterocycles. The van der Waals surface area contributed by atoms with Crippen molar-refractivity contribution in [3.8, 4) is 12.3 Å². The summed E-state index contributed by atoms with van der Waals surface area (Å²) < 4.78 is 43.4. The van der Waals surface area contributed by atoms with E-state index in [1.54, 1.807) is 63.2 Å². The molecule has 18 nitrogen and oxygen atoms in total. The number of nitrogens with zero attached hydrogens (tertiary/aromatic N) is 1. The third kappa shape index (κ3) is 20.5. The number of nitrogens with one attached hydrogen (secondary N) is 5. The van der Waals surface area contributed by atoms with Crippen molar-refractivity contribution < 1.29 is 55.6 Å². The number of amides is 5. The Labute approximate surface area is 429 Å². The lowest BCUT2D eigenvalue weighted by Crippen LogP contribution is -2.60. The van der Waals surface area contributed by atoms with E-state index < -0.39 is 88.3 Å². The fourth-order valence-corrected chi connectivity index (χ4v) is 8.93. The van der Waals surface area contributed by atoms with Crippen LogP contribution >= 0.6 is 0 Å². The van der Waals surface area contributed by atoms with Crippen LogP contribution in [-0.2, 0) is 70.2 Å². The summed E-state index contributed by atoms with van der Waals surface area (Å²) >= 11 is 0. The highest BCUT2D eigenvalue weighted by Crippen LogP contribution is 2.24. The van der Waals surface area contributed by atoms with Crippen LogP contribution in [0.25, 0.3) is 0 Å². The lowest BCUT2D eigenvalue weighted by atomic mass is 9.89. The van der Waals surface area contributed by atoms with E-state index in [4.69, 9.17) is 20.1 Å². The van der Waals surface area contributed by atoms with E-state index in [0.29, 0.717) is 38.3 Å². The van der Waals surface area contributed by atoms with Crippen LogP contribution in [0.2, 0.25) is 0 Å². The van der Waals surface area contributed by atoms with Crippen LogP contribution < -0.4 is 26.6 Å². The highest BCUT2D eigenvalue weighted by molar-refractivity contribution is 7.86. The predicted molar refractivity (Wildman–Crippen MR) is 274 cm³/mol. The lowest BCUT2D eigenvalue weighted by Gasteiger charge is -2.33. The number of esters is 1. The maximum atomic E-state index is 14.9. The van der Waals surface area contributed by atoms with Crippen LogP contribution in [-0.4, -0.2) is 130 Å². The first kappa shape index (κ1) is 59.1. The number of benzene rings is 3. The average molecular weight is 1030 g/mol. The standard InChI is InChI=1S/C54H72N6O12S/c1-8-27-55-47(61)25-26-49(63)72-54(7,36-71-73(68,69)42-22-19-39(6)20-23-42)50(64)44(32-37(2)3)57-53(67)46(34-41-17-13-10-14-18-41)59-52(66)45(33-38(4)5)58-51(65)43(24-21-40-15-11-9-12-16-40)56-48(62)35-60-28-30-70-31-29-60/h1,9-20,22-23,37-38,43-46H,21,24-36H2,2-7H3,(H,55,61)(H,56,62)(H,57,67)(H,58,65)(H,59,66)/t43-,44?,45-,46-,54?/m0/s1. The second kappa shape index (κ2) is 29.3. The summed E-state index contributed by atoms with van der Waals surface area (Å²) in [5.41, 5.74) is 0.0128. The number of hydrogen-bond acceptors (Lipinski definition) is 13. The van der Waals surface area contributed by atoms with Gasteiger partial charge in [0.05, 0.1) is 43.7 Å². The van der Waals surface area contributed by atoms with Gasteiger partial charge in [-0.15, -0.1) is 6.42 Å². The van der Waals surface area contributed by atoms with Crippen molar-refractivity contribution in [3.05, 3.63) is 102 Å². The van der Waals surface area contributed by atoms with E-state index in [0.717, 1.165) is 18.1 Å². The van der Waals surface area contributed by atoms with E-state index >= 15 is 0 Å². The molecular weight excluding hydrogens is 957 g/mol. The molecule has 396 valence electrons. The van der Waals surface area contributed by atoms with Gasteiger partial charge in [0, 0.05) is 25.9 Å². The Kier molecular flexibility index (Phi) is 23.7. The Bertz CT molecular complexity index is 2460. The lowest BCUT2D eigenvalue weighted by molar-refractivity contribution is -0.170. The van der Waals surface area contributed by atoms with Crippen molar-refractivity contribution >= 4 is 51.4 Å². The Morgan fingerprint density at radius 1 is 0.712 bits per heavy atom. The molecule has 0 saturated carbocycles. The number of ether oxygens (including phenoxy) is 2. The van der Waals surface area contributed by atoms with Gasteiger partial charge in [-0.1, -0.05) is 112 Å². The molecule has 3 aromatic rings. The number of aryl methyl sites for hydroxylation is 2. The van der Waals surface area contributed by atoms with Crippen LogP contribution in [0.15, 0.2) is 89.8 Å². The molecule has 0 aliphatic carbocycles. The Morgan fingerprint density at radius 3 is 1.86 bits per heavy atom. The number of carbonyl (C=O) groups excluding carboxylic acids is 7. The fraction of sp³-hybridized carbons (Fsp3) is 0.500. The van der Waals surface area contributed by atoms with E-state index in [9.17, 15) is 42.0 Å². The first-order valence-corrected chi connectivity index (χ1v) is 26.1. The van der Waals surface area contributed by atoms with Gasteiger partial charge in [0.1, 0.15) is 24.7 Å². The van der Waals surface area contributed by atoms with Crippen molar-refractivity contribution in [1.82, 2.24) is 31.5 Å². The smallest absolute Gasteiger partial charge is 0.307 e. The SMILES string of the molecule is C#CCNC(=O)CCC(=O)OC(C)(COS(=O)(=O)c1ccc(C)cc1)C(=O)C(CC(C)C)NC(=O)[C@H](Cc1ccccc1)NC(=O)[C@H](CC(C)C)NC(=O)[C@H](CCc1ccccc1)NC(=O)CN1CCOCC1. The largest absolute Gasteiger partial charge is 0.449 e. The average Bonchev–Trinajstić information content (AvgIpc) is 3.35. The van der Waals surface area contributed by atoms with Gasteiger partial charge in [0.2, 0.25) is 35.3 Å². The quantitative estimate of drug-likeness (QED) is 0.0381. The first-order chi connectivity index (χ1) is 34.7. The number of Topliss-reactive ketones (excluding diaryl/α,β-unsaturated/α-hetero) is 1. The Hall–Kier alpha value is -6.46. The number of carbonyl (C=O) groups is 7. The summed E-state index contributed by atoms with van der Waals surface area (Å²) in [5.74, 6) is -3.14. The Balaban J connectivity index is 1.63. The van der Waals surface area contributed by atoms with Gasteiger partial charge in [-0.25, -0.2) is 0 Å². The second-order valence-electron chi connectivity index (χ2n) is 19.2. The van der Waals surface area contributed by atoms with Crippen LogP contribution in [0.5, 0.6) is 0 Å². The molecular formula is C54H72N6O12S. The van der Waals surface area contributed by atoms with Gasteiger partial charge in [-0.05, 0) is 74.6 Å². The summed E-state index contributed by atoms with van der Waals surface area (Å²) in [4.78, 5) is 99.1. The predicted octanol–water partition coefficient (Wildman–Crippen LogP) is 3.34. The van der Waals surface area contributed by atoms with Crippen molar-refractivity contribution in [3.63, 3.8) is 0 Å². The minimum Gasteiger partial charge on any atom is -0.449 e. The highest BCUT2D eigenvalue weighted by atomic mass is 32.2. The van der Waals surface area contributed by atoms with Gasteiger partial charge in [0.25, 0.3) is 10.1 Å². The minimum atomic E-state index is -4.53. The summed E-state index contributed by atoms with van der Waals surface area (Å²) in [6, 6.07) is 19.0. The maximum absolute atomic E-state index is 14.9. The molecule has 0 spiro atoms. The topological polar surface area (TPSA) is 245 Å². The molecule has 0 aromatic heterocycles. The molecule has 5 amide bonds. The maximum Gasteiger partial charge on any atom is 0.307 e. The summed E-state index contributed by atoms with van der Waals surface area (Å²) in [6.07, 6.45) is 5.08. The number of hydrogen-bond donors (Lipinski definition) is 5. The second-order valence-corrected chi connectivity index (χ2v) is 20.9. The van der Waals surface area contributed by atoms with Crippen molar-refractivity contribution in [2.45, 2.75) is 121 Å². The van der Waals surface area contributed by atoms with Gasteiger partial charge < -0.3 is 36.1 Å². The molecule has 1 saturated heterocycles. The summed E-state index contributed by atoms with van der Waals surface area (Å²) in [6.45, 7) is 11.3. The number of ketones is 1. The third-order valence-electron chi connectivity index (χ3n) is 11.9. The van der Waals surface area contributed by atoms with E-state index in [1.165, 1.54) is 12.1 Å². The third-order valence-corrected chi connectivity index (χ3v) is 13.2. The molecule has 5 atom stereocenters. The minimum absolute atomic E-state index is 0.0312. The Morgan fingerprint density at radius 2 is 1.26 bits per heavy atom. The van der Waals surface area contributed by atoms with Crippen molar-refractivity contribution in [2.75, 3.05) is 46.0 Å². The molecule has 0 bridgehead atoms. The zero-order valence-corrected chi connectivity index (χ0v) is 43.6. The zero-order chi connectivity index (χ0) is 53.6. The molecule has 0 radical (unpaired) electrons. The van der Waals surface area contributed by atoms with Crippen molar-refractivity contribution in [2.24, 2.45) is 11.8 Å². The molecule has 4 rings (SSSR count). The number of terminal acetylenes is 1. The van der Waals surface area contributed by atoms with E-state index in [-0.39, 0.29) is 67.8 Å². The van der Waals surface area contributed by atoms with E-state index in [1.807, 2.05) is 49.1 Å². The molecule has 3 aromatic carbocycles. The highest BCUT2D eigenvalue weighted by Gasteiger charge is 2.45. The number of rotatable bonds is 29. The molecule has 1 aliphatic heterocycles. The number of morpholine rings is 1. The molecule has 19 heteroatoms. The zero-order valence-electron chi connectivity index (χ0n) is 42.8. The van der Waals surface area contributed by atoms with Crippen molar-refractivity contribution in [1.29, 1.82) is 0 Å². The van der Waals surface area contributed by atoms with E-state index in [2.05, 4.69) is 32.5 Å². The summed E-state index contributed by atoms with van der Waals surface area (Å²) in [5, 5.41) is 13.8. The van der Waals surface area contributed by atoms with Crippen LogP contribution in [0, 0.1) is 31.1 Å². The van der Waals surface area contributed by atoms with Crippen LogP contribution in [0.3, 0.4) is 0 Å². The first-order valence-electron chi connectivity index (χ1n) is 24.7. The molecule has 73 heavy (non-hydrogen) atoms. The van der Waals surface area contributed by atoms with Gasteiger partial charge in [0.15, 0.2) is 5.60 Å². The molecule has 5 N–H and O–H groups in total. The molecule has 2 unspecified atom stereocenters. The normalized spacial score (nSPS) is 15.3. The molecule has 1 fully saturated rings. The van der Waals surface area contributed by atoms with Crippen LogP contribution in [0.4, 0.5) is 0 Å². The monoisotopic (exact) mass is 1030 g/mol. The molecule has 1 aliphatic rings. The van der Waals surface area contributed by atoms with Gasteiger partial charge >= 0.3 is 5.97 Å². The van der Waals surface area contributed by atoms with Gasteiger partial charge in [-0.3, -0.25) is 42.6 Å². The summed E-state index contributed by atoms with van der Waals surface area (Å²) in [7, 11) is -4.53. The fourth-order valence-electron chi connectivity index (χ4n) is 7.95. The van der Waals surface area contributed by atoms with Crippen LogP contribution in [0.1, 0.15) is 83.4 Å².